The lowest BCUT2D eigenvalue weighted by Crippen LogP contribution is -2.39. The van der Waals surface area contributed by atoms with E-state index in [9.17, 15) is 9.18 Å². The summed E-state index contributed by atoms with van der Waals surface area (Å²) in [4.78, 5) is 14.3. The van der Waals surface area contributed by atoms with Crippen molar-refractivity contribution in [1.82, 2.24) is 5.32 Å². The first-order valence-corrected chi connectivity index (χ1v) is 8.10. The van der Waals surface area contributed by atoms with Crippen LogP contribution in [0.2, 0.25) is 0 Å². The molecule has 1 amide bonds. The molecule has 0 aliphatic carbocycles. The van der Waals surface area contributed by atoms with Crippen LogP contribution in [0.25, 0.3) is 0 Å². The molecule has 126 valence electrons. The van der Waals surface area contributed by atoms with Gasteiger partial charge in [0.1, 0.15) is 11.6 Å². The lowest BCUT2D eigenvalue weighted by Gasteiger charge is -2.32. The molecule has 24 heavy (non-hydrogen) atoms. The molecular formula is C19H21FN2O2. The summed E-state index contributed by atoms with van der Waals surface area (Å²) >= 11 is 0. The van der Waals surface area contributed by atoms with Gasteiger partial charge in [-0.3, -0.25) is 4.79 Å². The number of para-hydroxylation sites is 1. The molecule has 1 N–H and O–H groups in total. The van der Waals surface area contributed by atoms with Crippen LogP contribution >= 0.6 is 0 Å². The number of nitrogens with one attached hydrogen (secondary N) is 1. The zero-order chi connectivity index (χ0) is 16.9. The molecule has 0 aromatic heterocycles. The highest BCUT2D eigenvalue weighted by molar-refractivity contribution is 5.83. The lowest BCUT2D eigenvalue weighted by atomic mass is 10.0. The van der Waals surface area contributed by atoms with Crippen molar-refractivity contribution in [2.45, 2.75) is 19.4 Å². The van der Waals surface area contributed by atoms with Crippen molar-refractivity contribution in [2.24, 2.45) is 0 Å². The van der Waals surface area contributed by atoms with Crippen molar-refractivity contribution in [3.63, 3.8) is 0 Å². The number of amides is 1. The van der Waals surface area contributed by atoms with Gasteiger partial charge in [-0.25, -0.2) is 4.39 Å². The fourth-order valence-corrected chi connectivity index (χ4v) is 3.09. The first kappa shape index (κ1) is 16.3. The standard InChI is InChI=1S/C19H21FN2O2/c1-24-17-10-4-7-14-8-5-11-22(19(14)17)13-18(23)21-12-15-6-2-3-9-16(15)20/h2-4,6-7,9-10H,5,8,11-13H2,1H3,(H,21,23). The summed E-state index contributed by atoms with van der Waals surface area (Å²) in [6.07, 6.45) is 1.99. The third kappa shape index (κ3) is 3.50. The number of aryl methyl sites for hydroxylation is 1. The van der Waals surface area contributed by atoms with Gasteiger partial charge in [-0.1, -0.05) is 30.3 Å². The Morgan fingerprint density at radius 2 is 2.08 bits per heavy atom. The lowest BCUT2D eigenvalue weighted by molar-refractivity contribution is -0.119. The monoisotopic (exact) mass is 328 g/mol. The van der Waals surface area contributed by atoms with Crippen LogP contribution < -0.4 is 15.0 Å². The molecule has 1 aliphatic heterocycles. The number of nitrogens with zero attached hydrogens (tertiary/aromatic N) is 1. The number of hydrogen-bond acceptors (Lipinski definition) is 3. The largest absolute Gasteiger partial charge is 0.495 e. The zero-order valence-electron chi connectivity index (χ0n) is 13.7. The summed E-state index contributed by atoms with van der Waals surface area (Å²) in [7, 11) is 1.64. The molecule has 4 nitrogen and oxygen atoms in total. The Labute approximate surface area is 141 Å². The van der Waals surface area contributed by atoms with E-state index in [0.717, 1.165) is 30.8 Å². The fourth-order valence-electron chi connectivity index (χ4n) is 3.09. The van der Waals surface area contributed by atoms with E-state index in [1.165, 1.54) is 11.6 Å². The van der Waals surface area contributed by atoms with Gasteiger partial charge in [0, 0.05) is 18.7 Å². The van der Waals surface area contributed by atoms with E-state index in [1.807, 2.05) is 17.0 Å². The van der Waals surface area contributed by atoms with Gasteiger partial charge in [0.25, 0.3) is 0 Å². The molecule has 2 aromatic carbocycles. The maximum absolute atomic E-state index is 13.6. The molecule has 5 heteroatoms. The number of benzene rings is 2. The Morgan fingerprint density at radius 3 is 2.88 bits per heavy atom. The second kappa shape index (κ2) is 7.34. The Kier molecular flexibility index (Phi) is 4.99. The number of carbonyl (C=O) groups is 1. The minimum absolute atomic E-state index is 0.128. The van der Waals surface area contributed by atoms with E-state index in [4.69, 9.17) is 4.74 Å². The normalized spacial score (nSPS) is 13.3. The van der Waals surface area contributed by atoms with E-state index in [0.29, 0.717) is 5.56 Å². The van der Waals surface area contributed by atoms with Gasteiger partial charge in [-0.15, -0.1) is 0 Å². The summed E-state index contributed by atoms with van der Waals surface area (Å²) in [5.41, 5.74) is 2.68. The first-order valence-electron chi connectivity index (χ1n) is 8.10. The van der Waals surface area contributed by atoms with Crippen LogP contribution in [-0.2, 0) is 17.8 Å². The van der Waals surface area contributed by atoms with Crippen molar-refractivity contribution in [1.29, 1.82) is 0 Å². The number of carbonyl (C=O) groups excluding carboxylic acids is 1. The van der Waals surface area contributed by atoms with Gasteiger partial charge in [0.05, 0.1) is 19.3 Å². The van der Waals surface area contributed by atoms with Gasteiger partial charge in [-0.2, -0.15) is 0 Å². The third-order valence-electron chi connectivity index (χ3n) is 4.26. The summed E-state index contributed by atoms with van der Waals surface area (Å²) in [6, 6.07) is 12.4. The van der Waals surface area contributed by atoms with Gasteiger partial charge in [0.2, 0.25) is 5.91 Å². The van der Waals surface area contributed by atoms with Crippen molar-refractivity contribution in [3.05, 3.63) is 59.4 Å². The summed E-state index contributed by atoms with van der Waals surface area (Å²) < 4.78 is 19.1. The smallest absolute Gasteiger partial charge is 0.239 e. The van der Waals surface area contributed by atoms with E-state index in [1.54, 1.807) is 25.3 Å². The van der Waals surface area contributed by atoms with E-state index < -0.39 is 0 Å². The summed E-state index contributed by atoms with van der Waals surface area (Å²) in [5.74, 6) is 0.355. The predicted octanol–water partition coefficient (Wildman–Crippen LogP) is 2.90. The highest BCUT2D eigenvalue weighted by atomic mass is 19.1. The van der Waals surface area contributed by atoms with Gasteiger partial charge >= 0.3 is 0 Å². The van der Waals surface area contributed by atoms with Crippen molar-refractivity contribution in [2.75, 3.05) is 25.1 Å². The average Bonchev–Trinajstić information content (AvgIpc) is 2.60. The Bertz CT molecular complexity index is 719. The SMILES string of the molecule is COc1cccc2c1N(CC(=O)NCc1ccccc1F)CCC2. The second-order valence-corrected chi connectivity index (χ2v) is 5.86. The zero-order valence-corrected chi connectivity index (χ0v) is 13.7. The molecular weight excluding hydrogens is 307 g/mol. The molecule has 0 bridgehead atoms. The second-order valence-electron chi connectivity index (χ2n) is 5.86. The van der Waals surface area contributed by atoms with Crippen LogP contribution in [0.5, 0.6) is 5.75 Å². The molecule has 0 fully saturated rings. The average molecular weight is 328 g/mol. The van der Waals surface area contributed by atoms with Gasteiger partial charge < -0.3 is 15.0 Å². The Hall–Kier alpha value is -2.56. The van der Waals surface area contributed by atoms with Crippen molar-refractivity contribution < 1.29 is 13.9 Å². The van der Waals surface area contributed by atoms with Gasteiger partial charge in [0.15, 0.2) is 0 Å². The fraction of sp³-hybridized carbons (Fsp3) is 0.316. The minimum Gasteiger partial charge on any atom is -0.495 e. The molecule has 0 saturated heterocycles. The molecule has 2 aromatic rings. The molecule has 0 unspecified atom stereocenters. The highest BCUT2D eigenvalue weighted by Gasteiger charge is 2.22. The van der Waals surface area contributed by atoms with Crippen LogP contribution in [0.4, 0.5) is 10.1 Å². The number of ether oxygens (including phenoxy) is 1. The van der Waals surface area contributed by atoms with Gasteiger partial charge in [-0.05, 0) is 30.5 Å². The Morgan fingerprint density at radius 1 is 1.25 bits per heavy atom. The third-order valence-corrected chi connectivity index (χ3v) is 4.26. The molecule has 1 heterocycles. The Balaban J connectivity index is 1.67. The maximum Gasteiger partial charge on any atom is 0.239 e. The van der Waals surface area contributed by atoms with Crippen LogP contribution in [0.3, 0.4) is 0 Å². The maximum atomic E-state index is 13.6. The topological polar surface area (TPSA) is 41.6 Å². The molecule has 0 radical (unpaired) electrons. The first-order chi connectivity index (χ1) is 11.7. The number of anilines is 1. The number of halogens is 1. The minimum atomic E-state index is -0.303. The highest BCUT2D eigenvalue weighted by Crippen LogP contribution is 2.35. The molecule has 3 rings (SSSR count). The molecule has 0 saturated carbocycles. The van der Waals surface area contributed by atoms with E-state index in [2.05, 4.69) is 11.4 Å². The molecule has 0 atom stereocenters. The van der Waals surface area contributed by atoms with Crippen LogP contribution in [0.15, 0.2) is 42.5 Å². The van der Waals surface area contributed by atoms with E-state index >= 15 is 0 Å². The number of fused-ring (bicyclic) bond motifs is 1. The number of rotatable bonds is 5. The van der Waals surface area contributed by atoms with Crippen LogP contribution in [-0.4, -0.2) is 26.1 Å². The summed E-state index contributed by atoms with van der Waals surface area (Å²) in [5, 5.41) is 2.79. The van der Waals surface area contributed by atoms with Crippen molar-refractivity contribution in [3.8, 4) is 5.75 Å². The number of methoxy groups -OCH3 is 1. The van der Waals surface area contributed by atoms with Crippen LogP contribution in [0, 0.1) is 5.82 Å². The molecule has 0 spiro atoms. The number of hydrogen-bond donors (Lipinski definition) is 1. The summed E-state index contributed by atoms with van der Waals surface area (Å²) in [6.45, 7) is 1.24. The molecule has 1 aliphatic rings. The quantitative estimate of drug-likeness (QED) is 0.918. The van der Waals surface area contributed by atoms with Crippen LogP contribution in [0.1, 0.15) is 17.5 Å². The predicted molar refractivity (Wildman–Crippen MR) is 91.8 cm³/mol. The van der Waals surface area contributed by atoms with Crippen molar-refractivity contribution >= 4 is 11.6 Å². The van der Waals surface area contributed by atoms with E-state index in [-0.39, 0.29) is 24.8 Å².